The number of hydrogen-bond acceptors (Lipinski definition) is 10. The minimum absolute atomic E-state index is 0. The second-order valence-corrected chi connectivity index (χ2v) is 14.8. The number of methoxy groups -OCH3 is 1. The lowest BCUT2D eigenvalue weighted by atomic mass is 9.99. The van der Waals surface area contributed by atoms with Crippen LogP contribution >= 0.6 is 12.4 Å². The van der Waals surface area contributed by atoms with Crippen LogP contribution in [0.1, 0.15) is 45.6 Å². The highest BCUT2D eigenvalue weighted by Gasteiger charge is 2.31. The van der Waals surface area contributed by atoms with Crippen LogP contribution in [0.5, 0.6) is 5.75 Å². The third kappa shape index (κ3) is 9.95. The van der Waals surface area contributed by atoms with E-state index < -0.39 is 40.1 Å². The number of carboxylic acid groups (broad SMARTS) is 1. The van der Waals surface area contributed by atoms with Crippen LogP contribution < -0.4 is 20.3 Å². The van der Waals surface area contributed by atoms with Gasteiger partial charge in [-0.15, -0.1) is 17.5 Å². The second kappa shape index (κ2) is 17.7. The summed E-state index contributed by atoms with van der Waals surface area (Å²) in [4.78, 5) is 44.2. The van der Waals surface area contributed by atoms with Crippen LogP contribution in [0.4, 0.5) is 26.5 Å². The highest BCUT2D eigenvalue weighted by Crippen LogP contribution is 2.36. The highest BCUT2D eigenvalue weighted by molar-refractivity contribution is 7.90. The van der Waals surface area contributed by atoms with Crippen molar-refractivity contribution in [1.29, 1.82) is 0 Å². The molecule has 0 unspecified atom stereocenters. The van der Waals surface area contributed by atoms with E-state index in [1.54, 1.807) is 56.4 Å². The molecule has 0 aliphatic carbocycles. The number of aromatic nitrogens is 3. The molecule has 2 amide bonds. The average Bonchev–Trinajstić information content (AvgIpc) is 3.56. The van der Waals surface area contributed by atoms with Gasteiger partial charge in [-0.2, -0.15) is 4.98 Å². The first-order valence-corrected chi connectivity index (χ1v) is 18.9. The van der Waals surface area contributed by atoms with Gasteiger partial charge in [0, 0.05) is 29.8 Å². The molecule has 14 nitrogen and oxygen atoms in total. The minimum atomic E-state index is -3.64. The Morgan fingerprint density at radius 3 is 2.22 bits per heavy atom. The van der Waals surface area contributed by atoms with Crippen molar-refractivity contribution in [3.8, 4) is 16.9 Å². The number of nitrogens with one attached hydrogen (secondary N) is 2. The molecule has 5 rings (SSSR count). The lowest BCUT2D eigenvalue weighted by molar-refractivity contribution is -0.142. The predicted octanol–water partition coefficient (Wildman–Crippen LogP) is 6.82. The Balaban J connectivity index is 0.00000673. The van der Waals surface area contributed by atoms with Crippen LogP contribution in [0.25, 0.3) is 16.8 Å². The van der Waals surface area contributed by atoms with Crippen LogP contribution in [0.15, 0.2) is 90.0 Å². The summed E-state index contributed by atoms with van der Waals surface area (Å²) in [5, 5.41) is 20.0. The summed E-state index contributed by atoms with van der Waals surface area (Å²) >= 11 is 0. The molecular formula is C38H42ClFN6O8S. The maximum absolute atomic E-state index is 13.9. The number of carbonyl (C=O) groups excluding carboxylic acids is 2. The number of carboxylic acids is 1. The van der Waals surface area contributed by atoms with E-state index in [0.717, 1.165) is 22.3 Å². The maximum atomic E-state index is 13.9. The molecule has 0 saturated carbocycles. The van der Waals surface area contributed by atoms with Crippen LogP contribution in [-0.2, 0) is 24.2 Å². The number of sulfone groups is 1. The number of pyridine rings is 1. The van der Waals surface area contributed by atoms with Crippen molar-refractivity contribution >= 4 is 63.2 Å². The van der Waals surface area contributed by atoms with E-state index in [1.165, 1.54) is 48.9 Å². The molecule has 55 heavy (non-hydrogen) atoms. The lowest BCUT2D eigenvalue weighted by Crippen LogP contribution is -2.48. The SMILES string of the molecule is CC[C@H](C)[C@H](N[C@@H](C)OC(=O)N(c1nc2ccc(-c3ccc(NC(=O)[C@H](C)c4ccc(F)cc4)cc3)cn2n1)c1ccc(S(C)(=O)=O)cc1OC)C(=O)O.Cl. The molecule has 0 aliphatic heterocycles. The molecule has 2 aromatic heterocycles. The molecule has 292 valence electrons. The fourth-order valence-corrected chi connectivity index (χ4v) is 6.24. The number of aliphatic carboxylic acids is 1. The topological polar surface area (TPSA) is 182 Å². The Hall–Kier alpha value is -5.58. The molecule has 0 spiro atoms. The summed E-state index contributed by atoms with van der Waals surface area (Å²) in [6.45, 7) is 6.84. The van der Waals surface area contributed by atoms with Crippen LogP contribution in [-0.4, -0.2) is 71.7 Å². The van der Waals surface area contributed by atoms with Gasteiger partial charge in [0.1, 0.15) is 17.6 Å². The van der Waals surface area contributed by atoms with Gasteiger partial charge in [0.2, 0.25) is 5.91 Å². The van der Waals surface area contributed by atoms with Gasteiger partial charge in [-0.05, 0) is 79.4 Å². The monoisotopic (exact) mass is 796 g/mol. The van der Waals surface area contributed by atoms with Crippen LogP contribution in [0.2, 0.25) is 0 Å². The summed E-state index contributed by atoms with van der Waals surface area (Å²) in [5.41, 5.74) is 3.17. The van der Waals surface area contributed by atoms with Gasteiger partial charge in [-0.1, -0.05) is 44.5 Å². The highest BCUT2D eigenvalue weighted by atomic mass is 35.5. The summed E-state index contributed by atoms with van der Waals surface area (Å²) in [5.74, 6) is -2.64. The molecule has 0 saturated heterocycles. The third-order valence-electron chi connectivity index (χ3n) is 8.94. The van der Waals surface area contributed by atoms with Crippen LogP contribution in [0.3, 0.4) is 0 Å². The zero-order chi connectivity index (χ0) is 39.3. The molecule has 0 fully saturated rings. The number of fused-ring (bicyclic) bond motifs is 1. The quantitative estimate of drug-likeness (QED) is 0.100. The first-order valence-electron chi connectivity index (χ1n) is 17.0. The van der Waals surface area contributed by atoms with Crippen molar-refractivity contribution in [1.82, 2.24) is 19.9 Å². The lowest BCUT2D eigenvalue weighted by Gasteiger charge is -2.27. The number of anilines is 3. The Bertz CT molecular complexity index is 2270. The Morgan fingerprint density at radius 2 is 1.62 bits per heavy atom. The Morgan fingerprint density at radius 1 is 0.964 bits per heavy atom. The predicted molar refractivity (Wildman–Crippen MR) is 207 cm³/mol. The number of halogens is 2. The molecule has 2 heterocycles. The normalized spacial score (nSPS) is 13.5. The van der Waals surface area contributed by atoms with Crippen molar-refractivity contribution in [2.75, 3.05) is 23.6 Å². The summed E-state index contributed by atoms with van der Waals surface area (Å²) in [6, 6.07) is 19.3. The van der Waals surface area contributed by atoms with Gasteiger partial charge >= 0.3 is 12.1 Å². The first kappa shape index (κ1) is 42.2. The zero-order valence-corrected chi connectivity index (χ0v) is 32.5. The van der Waals surface area contributed by atoms with Crippen molar-refractivity contribution < 1.29 is 41.8 Å². The standard InChI is InChI=1S/C38H41FN6O8S.ClH/c1-7-22(2)34(36(47)48)40-24(4)53-38(49)45(31-18-17-30(54(6,50)51)20-32(31)52-5)37-42-33-19-12-27(21-44(33)43-37)26-10-15-29(16-11-26)41-35(46)23(3)25-8-13-28(39)14-9-25;/h8-24,34,40H,7H2,1-6H3,(H,41,46)(H,47,48);1H/t22-,23+,24+,34-;/m0./s1. The van der Waals surface area contributed by atoms with Gasteiger partial charge in [-0.3, -0.25) is 14.9 Å². The molecule has 3 N–H and O–H groups in total. The fraction of sp³-hybridized carbons (Fsp3) is 0.289. The van der Waals surface area contributed by atoms with Gasteiger partial charge < -0.3 is 19.9 Å². The van der Waals surface area contributed by atoms with E-state index in [2.05, 4.69) is 20.7 Å². The smallest absolute Gasteiger partial charge is 0.423 e. The van der Waals surface area contributed by atoms with Crippen molar-refractivity contribution in [2.24, 2.45) is 5.92 Å². The van der Waals surface area contributed by atoms with E-state index in [-0.39, 0.29) is 52.3 Å². The largest absolute Gasteiger partial charge is 0.495 e. The van der Waals surface area contributed by atoms with Crippen LogP contribution in [0, 0.1) is 11.7 Å². The van der Waals surface area contributed by atoms with E-state index in [1.807, 2.05) is 19.1 Å². The number of carbonyl (C=O) groups is 3. The number of ether oxygens (including phenoxy) is 2. The fourth-order valence-electron chi connectivity index (χ4n) is 5.60. The van der Waals surface area contributed by atoms with Gasteiger partial charge in [0.25, 0.3) is 5.95 Å². The molecule has 3 aromatic carbocycles. The molecule has 0 radical (unpaired) electrons. The molecule has 17 heteroatoms. The Kier molecular flexibility index (Phi) is 13.6. The maximum Gasteiger partial charge on any atom is 0.423 e. The van der Waals surface area contributed by atoms with Crippen molar-refractivity contribution in [3.63, 3.8) is 0 Å². The zero-order valence-electron chi connectivity index (χ0n) is 30.9. The van der Waals surface area contributed by atoms with E-state index in [4.69, 9.17) is 9.47 Å². The molecule has 0 aliphatic rings. The second-order valence-electron chi connectivity index (χ2n) is 12.8. The first-order chi connectivity index (χ1) is 25.6. The van der Waals surface area contributed by atoms with Crippen molar-refractivity contribution in [2.45, 2.75) is 57.2 Å². The number of amides is 2. The van der Waals surface area contributed by atoms with E-state index in [0.29, 0.717) is 23.3 Å². The Labute approximate surface area is 324 Å². The minimum Gasteiger partial charge on any atom is -0.495 e. The van der Waals surface area contributed by atoms with Gasteiger partial charge in [0.15, 0.2) is 21.7 Å². The average molecular weight is 797 g/mol. The van der Waals surface area contributed by atoms with Gasteiger partial charge in [-0.25, -0.2) is 27.0 Å². The van der Waals surface area contributed by atoms with Crippen molar-refractivity contribution in [3.05, 3.63) is 96.4 Å². The molecular weight excluding hydrogens is 755 g/mol. The van der Waals surface area contributed by atoms with E-state index in [9.17, 15) is 32.3 Å². The molecule has 0 bridgehead atoms. The molecule has 4 atom stereocenters. The van der Waals surface area contributed by atoms with E-state index >= 15 is 0 Å². The summed E-state index contributed by atoms with van der Waals surface area (Å²) < 4.78 is 50.6. The number of hydrogen-bond donors (Lipinski definition) is 3. The number of benzene rings is 3. The number of rotatable bonds is 14. The van der Waals surface area contributed by atoms with Gasteiger partial charge in [0.05, 0.1) is 23.6 Å². The summed E-state index contributed by atoms with van der Waals surface area (Å²) in [6.07, 6.45) is 1.23. The molecule has 5 aromatic rings. The number of nitrogens with zero attached hydrogens (tertiary/aromatic N) is 4. The third-order valence-corrected chi connectivity index (χ3v) is 10.1. The summed E-state index contributed by atoms with van der Waals surface area (Å²) in [7, 11) is -2.33.